The van der Waals surface area contributed by atoms with Gasteiger partial charge in [-0.25, -0.2) is 22.9 Å². The second-order valence-electron chi connectivity index (χ2n) is 6.87. The van der Waals surface area contributed by atoms with E-state index in [9.17, 15) is 18.8 Å². The van der Waals surface area contributed by atoms with E-state index in [0.717, 1.165) is 4.57 Å². The van der Waals surface area contributed by atoms with Crippen molar-refractivity contribution in [2.24, 2.45) is 5.92 Å². The van der Waals surface area contributed by atoms with Crippen molar-refractivity contribution in [3.05, 3.63) is 68.2 Å². The van der Waals surface area contributed by atoms with Crippen molar-refractivity contribution in [2.75, 3.05) is 19.6 Å². The molecule has 0 spiro atoms. The first-order chi connectivity index (χ1) is 13.5. The quantitative estimate of drug-likeness (QED) is 0.570. The van der Waals surface area contributed by atoms with Crippen molar-refractivity contribution in [1.82, 2.24) is 18.9 Å². The van der Waals surface area contributed by atoms with Gasteiger partial charge in [0.25, 0.3) is 0 Å². The van der Waals surface area contributed by atoms with Crippen LogP contribution in [-0.2, 0) is 6.54 Å². The van der Waals surface area contributed by atoms with Crippen molar-refractivity contribution in [3.63, 3.8) is 0 Å². The number of carbonyl (C=O) groups excluding carboxylic acids is 1. The van der Waals surface area contributed by atoms with Gasteiger partial charge < -0.3 is 4.90 Å². The molecule has 3 heterocycles. The number of fused-ring (bicyclic) bond motifs is 1. The Morgan fingerprint density at radius 3 is 2.52 bits per heavy atom. The molecule has 1 aliphatic rings. The summed E-state index contributed by atoms with van der Waals surface area (Å²) in [6, 6.07) is 5.66. The second kappa shape index (κ2) is 8.98. The normalized spacial score (nSPS) is 15.3. The number of likely N-dealkylation sites (tertiary alicyclic amines) is 1. The number of piperidine rings is 1. The Bertz CT molecular complexity index is 1120. The summed E-state index contributed by atoms with van der Waals surface area (Å²) in [7, 11) is 0. The SMILES string of the molecule is Cl.O=C(c1ccc(F)cc1)C1CCN(CCn2c(=O)nc3sccn3c2=O)CC1. The summed E-state index contributed by atoms with van der Waals surface area (Å²) in [6.45, 7) is 2.23. The minimum Gasteiger partial charge on any atom is -0.302 e. The largest absolute Gasteiger partial charge is 0.354 e. The molecule has 1 aromatic carbocycles. The van der Waals surface area contributed by atoms with Crippen LogP contribution in [0.2, 0.25) is 0 Å². The highest BCUT2D eigenvalue weighted by Gasteiger charge is 2.26. The first kappa shape index (κ1) is 21.4. The summed E-state index contributed by atoms with van der Waals surface area (Å²) < 4.78 is 15.5. The number of nitrogens with zero attached hydrogens (tertiary/aromatic N) is 4. The van der Waals surface area contributed by atoms with Gasteiger partial charge in [-0.3, -0.25) is 4.79 Å². The van der Waals surface area contributed by atoms with Crippen LogP contribution in [0.25, 0.3) is 4.96 Å². The Morgan fingerprint density at radius 2 is 1.83 bits per heavy atom. The first-order valence-electron chi connectivity index (χ1n) is 9.12. The maximum absolute atomic E-state index is 13.0. The summed E-state index contributed by atoms with van der Waals surface area (Å²) in [4.78, 5) is 43.5. The van der Waals surface area contributed by atoms with E-state index in [1.807, 2.05) is 0 Å². The van der Waals surface area contributed by atoms with E-state index in [2.05, 4.69) is 9.88 Å². The molecule has 0 N–H and O–H groups in total. The van der Waals surface area contributed by atoms with Gasteiger partial charge >= 0.3 is 11.4 Å². The van der Waals surface area contributed by atoms with Gasteiger partial charge in [-0.05, 0) is 50.2 Å². The maximum Gasteiger partial charge on any atom is 0.354 e. The standard InChI is InChI=1S/C19H19FN4O3S.ClH/c20-15-3-1-13(2-4-15)16(25)14-5-7-22(8-6-14)9-10-23-17(26)21-18-24(19(23)27)11-12-28-18;/h1-4,11-12,14H,5-10H2;1H. The lowest BCUT2D eigenvalue weighted by Gasteiger charge is -2.31. The fraction of sp³-hybridized carbons (Fsp3) is 0.368. The third kappa shape index (κ3) is 4.47. The highest BCUT2D eigenvalue weighted by molar-refractivity contribution is 7.15. The number of rotatable bonds is 5. The Labute approximate surface area is 175 Å². The highest BCUT2D eigenvalue weighted by atomic mass is 35.5. The van der Waals surface area contributed by atoms with Gasteiger partial charge in [0.15, 0.2) is 5.78 Å². The zero-order valence-electron chi connectivity index (χ0n) is 15.5. The Morgan fingerprint density at radius 1 is 1.14 bits per heavy atom. The number of thiazole rings is 1. The Hall–Kier alpha value is -2.36. The molecule has 154 valence electrons. The van der Waals surface area contributed by atoms with E-state index in [-0.39, 0.29) is 42.2 Å². The maximum atomic E-state index is 13.0. The number of hydrogen-bond acceptors (Lipinski definition) is 6. The van der Waals surface area contributed by atoms with E-state index in [0.29, 0.717) is 43.0 Å². The molecule has 1 saturated heterocycles. The molecule has 0 bridgehead atoms. The summed E-state index contributed by atoms with van der Waals surface area (Å²) in [5.74, 6) is -0.396. The van der Waals surface area contributed by atoms with Gasteiger partial charge in [0.05, 0.1) is 0 Å². The van der Waals surface area contributed by atoms with Crippen molar-refractivity contribution < 1.29 is 9.18 Å². The van der Waals surface area contributed by atoms with Crippen LogP contribution in [0.4, 0.5) is 4.39 Å². The van der Waals surface area contributed by atoms with Gasteiger partial charge in [-0.15, -0.1) is 23.7 Å². The van der Waals surface area contributed by atoms with Gasteiger partial charge in [0.1, 0.15) is 5.82 Å². The second-order valence-corrected chi connectivity index (χ2v) is 7.74. The third-order valence-electron chi connectivity index (χ3n) is 5.18. The van der Waals surface area contributed by atoms with Crippen LogP contribution in [0.5, 0.6) is 0 Å². The number of aromatic nitrogens is 3. The lowest BCUT2D eigenvalue weighted by atomic mass is 9.89. The average molecular weight is 439 g/mol. The molecule has 0 saturated carbocycles. The summed E-state index contributed by atoms with van der Waals surface area (Å²) in [6.07, 6.45) is 3.01. The van der Waals surface area contributed by atoms with Gasteiger partial charge in [0, 0.05) is 36.1 Å². The first-order valence-corrected chi connectivity index (χ1v) is 10.00. The number of ketones is 1. The van der Waals surface area contributed by atoms with Crippen LogP contribution in [-0.4, -0.2) is 44.3 Å². The average Bonchev–Trinajstić information content (AvgIpc) is 3.17. The number of hydrogen-bond donors (Lipinski definition) is 0. The minimum atomic E-state index is -0.533. The Balaban J connectivity index is 0.00000240. The van der Waals surface area contributed by atoms with E-state index in [1.54, 1.807) is 11.6 Å². The van der Waals surface area contributed by atoms with Crippen molar-refractivity contribution >= 4 is 34.5 Å². The van der Waals surface area contributed by atoms with Gasteiger partial charge in [0.2, 0.25) is 4.96 Å². The monoisotopic (exact) mass is 438 g/mol. The van der Waals surface area contributed by atoms with Crippen LogP contribution in [0.15, 0.2) is 45.4 Å². The molecule has 0 aliphatic carbocycles. The zero-order valence-corrected chi connectivity index (χ0v) is 17.1. The molecule has 7 nitrogen and oxygen atoms in total. The van der Waals surface area contributed by atoms with E-state index < -0.39 is 5.69 Å². The molecule has 1 aliphatic heterocycles. The smallest absolute Gasteiger partial charge is 0.302 e. The summed E-state index contributed by atoms with van der Waals surface area (Å²) >= 11 is 1.25. The molecular formula is C19H20ClFN4O3S. The molecule has 3 aromatic rings. The summed E-state index contributed by atoms with van der Waals surface area (Å²) in [5, 5.41) is 1.72. The predicted octanol–water partition coefficient (Wildman–Crippen LogP) is 2.07. The van der Waals surface area contributed by atoms with Gasteiger partial charge in [-0.1, -0.05) is 0 Å². The highest BCUT2D eigenvalue weighted by Crippen LogP contribution is 2.22. The van der Waals surface area contributed by atoms with Crippen molar-refractivity contribution in [3.8, 4) is 0 Å². The zero-order chi connectivity index (χ0) is 19.7. The molecule has 29 heavy (non-hydrogen) atoms. The fourth-order valence-electron chi connectivity index (χ4n) is 3.55. The third-order valence-corrected chi connectivity index (χ3v) is 5.93. The van der Waals surface area contributed by atoms with Crippen LogP contribution in [0.1, 0.15) is 23.2 Å². The van der Waals surface area contributed by atoms with E-state index in [4.69, 9.17) is 0 Å². The molecule has 0 atom stereocenters. The number of benzene rings is 1. The van der Waals surface area contributed by atoms with E-state index >= 15 is 0 Å². The predicted molar refractivity (Wildman–Crippen MR) is 111 cm³/mol. The van der Waals surface area contributed by atoms with E-state index in [1.165, 1.54) is 40.0 Å². The lowest BCUT2D eigenvalue weighted by Crippen LogP contribution is -2.43. The molecule has 0 amide bonds. The molecule has 1 fully saturated rings. The van der Waals surface area contributed by atoms with Crippen LogP contribution in [0.3, 0.4) is 0 Å². The lowest BCUT2D eigenvalue weighted by molar-refractivity contribution is 0.0837. The minimum absolute atomic E-state index is 0. The molecule has 2 aromatic heterocycles. The van der Waals surface area contributed by atoms with Crippen LogP contribution in [0, 0.1) is 11.7 Å². The molecule has 0 unspecified atom stereocenters. The van der Waals surface area contributed by atoms with Crippen LogP contribution < -0.4 is 11.4 Å². The van der Waals surface area contributed by atoms with Crippen LogP contribution >= 0.6 is 23.7 Å². The number of Topliss-reactive ketones (excluding diaryl/α,β-unsaturated/α-hetero) is 1. The number of halogens is 2. The topological polar surface area (TPSA) is 76.7 Å². The summed E-state index contributed by atoms with van der Waals surface area (Å²) in [5.41, 5.74) is -0.374. The Kier molecular flexibility index (Phi) is 6.61. The number of carbonyl (C=O) groups is 1. The van der Waals surface area contributed by atoms with Gasteiger partial charge in [-0.2, -0.15) is 4.98 Å². The molecule has 10 heteroatoms. The fourth-order valence-corrected chi connectivity index (χ4v) is 4.24. The molecule has 4 rings (SSSR count). The van der Waals surface area contributed by atoms with Crippen molar-refractivity contribution in [2.45, 2.75) is 19.4 Å². The van der Waals surface area contributed by atoms with Crippen molar-refractivity contribution in [1.29, 1.82) is 0 Å². The molecular weight excluding hydrogens is 419 g/mol. The molecule has 0 radical (unpaired) electrons.